The molecule has 3 nitrogen and oxygen atoms in total. The predicted molar refractivity (Wildman–Crippen MR) is 87.2 cm³/mol. The van der Waals surface area contributed by atoms with E-state index in [1.165, 1.54) is 6.07 Å². The summed E-state index contributed by atoms with van der Waals surface area (Å²) in [5, 5.41) is 0. The molecule has 0 aliphatic heterocycles. The maximum absolute atomic E-state index is 12.9. The molecule has 0 spiro atoms. The second-order valence-electron chi connectivity index (χ2n) is 6.55. The number of halogens is 3. The molecule has 6 heteroatoms. The van der Waals surface area contributed by atoms with E-state index in [1.807, 2.05) is 6.92 Å². The summed E-state index contributed by atoms with van der Waals surface area (Å²) in [6.07, 6.45) is -1.07. The van der Waals surface area contributed by atoms with E-state index in [-0.39, 0.29) is 17.9 Å². The number of nitrogens with two attached hydrogens (primary N) is 1. The fourth-order valence-corrected chi connectivity index (χ4v) is 3.46. The van der Waals surface area contributed by atoms with E-state index in [0.717, 1.165) is 31.4 Å². The van der Waals surface area contributed by atoms with E-state index < -0.39 is 17.8 Å². The summed E-state index contributed by atoms with van der Waals surface area (Å²) in [6, 6.07) is 4.85. The molecule has 1 saturated carbocycles. The minimum absolute atomic E-state index is 0.00226. The van der Waals surface area contributed by atoms with Crippen molar-refractivity contribution >= 4 is 5.91 Å². The van der Waals surface area contributed by atoms with Crippen molar-refractivity contribution in [2.75, 3.05) is 6.54 Å². The molecule has 1 amide bonds. The third kappa shape index (κ3) is 4.29. The number of rotatable bonds is 4. The molecule has 0 heterocycles. The van der Waals surface area contributed by atoms with Crippen LogP contribution < -0.4 is 5.73 Å². The highest BCUT2D eigenvalue weighted by atomic mass is 19.4. The first-order valence-electron chi connectivity index (χ1n) is 8.47. The molecule has 24 heavy (non-hydrogen) atoms. The van der Waals surface area contributed by atoms with Crippen molar-refractivity contribution in [3.8, 4) is 0 Å². The average molecular weight is 342 g/mol. The lowest BCUT2D eigenvalue weighted by atomic mass is 9.85. The first-order valence-corrected chi connectivity index (χ1v) is 8.47. The van der Waals surface area contributed by atoms with Crippen molar-refractivity contribution in [2.45, 2.75) is 57.8 Å². The van der Waals surface area contributed by atoms with Crippen molar-refractivity contribution in [2.24, 2.45) is 11.7 Å². The molecular weight excluding hydrogens is 317 g/mol. The summed E-state index contributed by atoms with van der Waals surface area (Å²) in [7, 11) is 0. The van der Waals surface area contributed by atoms with E-state index in [4.69, 9.17) is 5.73 Å². The van der Waals surface area contributed by atoms with Crippen LogP contribution in [0.25, 0.3) is 0 Å². The predicted octanol–water partition coefficient (Wildman–Crippen LogP) is 4.13. The SMILES string of the molecule is CCN(C(=O)C1CCCC(N)C1)C(C)c1cccc(C(F)(F)F)c1. The van der Waals surface area contributed by atoms with Crippen LogP contribution in [0.4, 0.5) is 13.2 Å². The van der Waals surface area contributed by atoms with Gasteiger partial charge in [-0.1, -0.05) is 18.6 Å². The molecular formula is C18H25F3N2O. The molecule has 1 aliphatic carbocycles. The van der Waals surface area contributed by atoms with Gasteiger partial charge in [0.2, 0.25) is 5.91 Å². The van der Waals surface area contributed by atoms with Crippen molar-refractivity contribution in [3.63, 3.8) is 0 Å². The van der Waals surface area contributed by atoms with Gasteiger partial charge in [-0.05, 0) is 50.8 Å². The van der Waals surface area contributed by atoms with E-state index in [0.29, 0.717) is 18.5 Å². The van der Waals surface area contributed by atoms with Crippen LogP contribution in [0.15, 0.2) is 24.3 Å². The van der Waals surface area contributed by atoms with E-state index >= 15 is 0 Å². The highest BCUT2D eigenvalue weighted by molar-refractivity contribution is 5.79. The van der Waals surface area contributed by atoms with Gasteiger partial charge >= 0.3 is 6.18 Å². The Balaban J connectivity index is 2.19. The third-order valence-electron chi connectivity index (χ3n) is 4.85. The minimum Gasteiger partial charge on any atom is -0.336 e. The van der Waals surface area contributed by atoms with Gasteiger partial charge in [-0.2, -0.15) is 13.2 Å². The molecule has 0 aromatic heterocycles. The molecule has 2 rings (SSSR count). The van der Waals surface area contributed by atoms with Gasteiger partial charge in [-0.15, -0.1) is 0 Å². The van der Waals surface area contributed by atoms with Gasteiger partial charge in [0.25, 0.3) is 0 Å². The lowest BCUT2D eigenvalue weighted by Gasteiger charge is -2.34. The summed E-state index contributed by atoms with van der Waals surface area (Å²) >= 11 is 0. The van der Waals surface area contributed by atoms with Gasteiger partial charge < -0.3 is 10.6 Å². The first-order chi connectivity index (χ1) is 11.2. The minimum atomic E-state index is -4.38. The Labute approximate surface area is 141 Å². The largest absolute Gasteiger partial charge is 0.416 e. The van der Waals surface area contributed by atoms with Crippen LogP contribution in [-0.4, -0.2) is 23.4 Å². The van der Waals surface area contributed by atoms with Gasteiger partial charge in [-0.25, -0.2) is 0 Å². The van der Waals surface area contributed by atoms with Gasteiger partial charge in [-0.3, -0.25) is 4.79 Å². The van der Waals surface area contributed by atoms with Crippen molar-refractivity contribution < 1.29 is 18.0 Å². The van der Waals surface area contributed by atoms with E-state index in [2.05, 4.69) is 0 Å². The zero-order chi connectivity index (χ0) is 17.9. The zero-order valence-electron chi connectivity index (χ0n) is 14.1. The van der Waals surface area contributed by atoms with Crippen LogP contribution >= 0.6 is 0 Å². The quantitative estimate of drug-likeness (QED) is 0.894. The lowest BCUT2D eigenvalue weighted by Crippen LogP contribution is -2.41. The van der Waals surface area contributed by atoms with Gasteiger partial charge in [0.15, 0.2) is 0 Å². The highest BCUT2D eigenvalue weighted by Gasteiger charge is 2.33. The first kappa shape index (κ1) is 18.8. The molecule has 1 aromatic rings. The monoisotopic (exact) mass is 342 g/mol. The maximum Gasteiger partial charge on any atom is 0.416 e. The van der Waals surface area contributed by atoms with Gasteiger partial charge in [0.05, 0.1) is 11.6 Å². The van der Waals surface area contributed by atoms with Crippen LogP contribution in [0.2, 0.25) is 0 Å². The number of hydrogen-bond acceptors (Lipinski definition) is 2. The second-order valence-corrected chi connectivity index (χ2v) is 6.55. The molecule has 3 unspecified atom stereocenters. The van der Waals surface area contributed by atoms with Crippen LogP contribution in [0.3, 0.4) is 0 Å². The molecule has 0 saturated heterocycles. The fraction of sp³-hybridized carbons (Fsp3) is 0.611. The highest BCUT2D eigenvalue weighted by Crippen LogP contribution is 2.33. The molecule has 2 N–H and O–H groups in total. The summed E-state index contributed by atoms with van der Waals surface area (Å²) in [6.45, 7) is 4.09. The molecule has 134 valence electrons. The Morgan fingerprint density at radius 2 is 2.08 bits per heavy atom. The van der Waals surface area contributed by atoms with Gasteiger partial charge in [0.1, 0.15) is 0 Å². The standard InChI is InChI=1S/C18H25F3N2O/c1-3-23(17(24)14-7-5-9-16(22)11-14)12(2)13-6-4-8-15(10-13)18(19,20)21/h4,6,8,10,12,14,16H,3,5,7,9,11,22H2,1-2H3. The van der Waals surface area contributed by atoms with Crippen molar-refractivity contribution in [1.82, 2.24) is 4.90 Å². The smallest absolute Gasteiger partial charge is 0.336 e. The molecule has 1 fully saturated rings. The Morgan fingerprint density at radius 3 is 2.67 bits per heavy atom. The Hall–Kier alpha value is -1.56. The normalized spacial score (nSPS) is 22.9. The fourth-order valence-electron chi connectivity index (χ4n) is 3.46. The van der Waals surface area contributed by atoms with Crippen LogP contribution in [-0.2, 0) is 11.0 Å². The number of benzene rings is 1. The molecule has 0 radical (unpaired) electrons. The van der Waals surface area contributed by atoms with Crippen LogP contribution in [0, 0.1) is 5.92 Å². The number of carbonyl (C=O) groups excluding carboxylic acids is 1. The summed E-state index contributed by atoms with van der Waals surface area (Å²) in [5.41, 5.74) is 5.78. The van der Waals surface area contributed by atoms with Crippen molar-refractivity contribution in [1.29, 1.82) is 0 Å². The Bertz CT molecular complexity index is 574. The summed E-state index contributed by atoms with van der Waals surface area (Å²) in [4.78, 5) is 14.5. The second kappa shape index (κ2) is 7.55. The third-order valence-corrected chi connectivity index (χ3v) is 4.85. The number of carbonyl (C=O) groups is 1. The Morgan fingerprint density at radius 1 is 1.38 bits per heavy atom. The molecule has 0 bridgehead atoms. The summed E-state index contributed by atoms with van der Waals surface area (Å²) in [5.74, 6) is -0.125. The molecule has 3 atom stereocenters. The average Bonchev–Trinajstić information content (AvgIpc) is 2.54. The van der Waals surface area contributed by atoms with Crippen LogP contribution in [0.5, 0.6) is 0 Å². The number of nitrogens with zero attached hydrogens (tertiary/aromatic N) is 1. The molecule has 1 aromatic carbocycles. The topological polar surface area (TPSA) is 46.3 Å². The summed E-state index contributed by atoms with van der Waals surface area (Å²) < 4.78 is 38.7. The number of amides is 1. The lowest BCUT2D eigenvalue weighted by molar-refractivity contribution is -0.138. The number of hydrogen-bond donors (Lipinski definition) is 1. The Kier molecular flexibility index (Phi) is 5.91. The zero-order valence-corrected chi connectivity index (χ0v) is 14.1. The van der Waals surface area contributed by atoms with Crippen molar-refractivity contribution in [3.05, 3.63) is 35.4 Å². The maximum atomic E-state index is 12.9. The van der Waals surface area contributed by atoms with E-state index in [9.17, 15) is 18.0 Å². The van der Waals surface area contributed by atoms with Gasteiger partial charge in [0, 0.05) is 18.5 Å². The molecule has 1 aliphatic rings. The number of alkyl halides is 3. The van der Waals surface area contributed by atoms with E-state index in [1.54, 1.807) is 17.9 Å². The van der Waals surface area contributed by atoms with Crippen LogP contribution in [0.1, 0.15) is 56.7 Å².